The molecule has 8 aliphatic heterocycles. The van der Waals surface area contributed by atoms with Gasteiger partial charge >= 0.3 is 5.97 Å². The second-order valence-electron chi connectivity index (χ2n) is 32.2. The van der Waals surface area contributed by atoms with E-state index in [9.17, 15) is 75.7 Å². The number of nitrogens with two attached hydrogens (primary N) is 2. The molecular weight excluding hydrogens is 1740 g/mol. The van der Waals surface area contributed by atoms with Crippen LogP contribution >= 0.6 is 34.8 Å². The highest BCUT2D eigenvalue weighted by Gasteiger charge is 2.53. The third-order valence-electron chi connectivity index (χ3n) is 22.3. The lowest BCUT2D eigenvalue weighted by atomic mass is 9.86. The molecule has 23 atom stereocenters. The Labute approximate surface area is 746 Å². The van der Waals surface area contributed by atoms with Crippen molar-refractivity contribution in [2.24, 2.45) is 17.4 Å². The zero-order valence-electron chi connectivity index (χ0n) is 68.2. The van der Waals surface area contributed by atoms with Crippen LogP contribution in [-0.4, -0.2) is 238 Å². The number of aliphatic carboxylic acids is 1. The van der Waals surface area contributed by atoms with Crippen LogP contribution in [0.1, 0.15) is 118 Å². The highest BCUT2D eigenvalue weighted by Crippen LogP contribution is 2.51. The molecule has 7 amide bonds. The molecule has 42 heteroatoms. The Morgan fingerprint density at radius 2 is 1.27 bits per heavy atom. The number of carboxylic acids is 1. The summed E-state index contributed by atoms with van der Waals surface area (Å²) in [7, 11) is 1.46. The number of aliphatic hydroxyl groups excluding tert-OH is 8. The average molecular weight is 1840 g/mol. The number of carboxylic acid groups (broad SMARTS) is 1. The van der Waals surface area contributed by atoms with E-state index in [1.807, 2.05) is 0 Å². The van der Waals surface area contributed by atoms with E-state index < -0.39 is 284 Å². The van der Waals surface area contributed by atoms with E-state index >= 15 is 24.0 Å². The maximum atomic E-state index is 16.4. The van der Waals surface area contributed by atoms with E-state index in [1.54, 1.807) is 62.4 Å². The Morgan fingerprint density at radius 3 is 1.91 bits per heavy atom. The van der Waals surface area contributed by atoms with Gasteiger partial charge in [0.05, 0.1) is 41.3 Å². The molecule has 24 N–H and O–H groups in total. The molecule has 3 fully saturated rings. The molecule has 8 heterocycles. The van der Waals surface area contributed by atoms with Crippen molar-refractivity contribution in [3.63, 3.8) is 0 Å². The molecule has 3 saturated heterocycles. The normalized spacial score (nSPS) is 29.2. The number of likely N-dealkylation sites (N-methyl/N-ethyl adjacent to an activating group) is 1. The topological polar surface area (TPSA) is 611 Å². The van der Waals surface area contributed by atoms with Crippen molar-refractivity contribution in [3.8, 4) is 68.6 Å². The number of carbonyl (C=O) groups excluding carboxylic acids is 7. The van der Waals surface area contributed by atoms with Crippen molar-refractivity contribution in [3.05, 3.63) is 176 Å². The Kier molecular flexibility index (Phi) is 30.4. The maximum Gasteiger partial charge on any atom is 0.330 e. The van der Waals surface area contributed by atoms with Crippen LogP contribution in [-0.2, 0) is 68.6 Å². The van der Waals surface area contributed by atoms with E-state index in [2.05, 4.69) is 42.5 Å². The predicted molar refractivity (Wildman–Crippen MR) is 451 cm³/mol. The summed E-state index contributed by atoms with van der Waals surface area (Å²) in [6.45, 7) is 5.33. The van der Waals surface area contributed by atoms with Crippen molar-refractivity contribution >= 4 is 82.1 Å². The first-order chi connectivity index (χ1) is 60.3. The zero-order valence-corrected chi connectivity index (χ0v) is 70.5. The second kappa shape index (κ2) is 40.4. The summed E-state index contributed by atoms with van der Waals surface area (Å²) in [5, 5.41) is 160. The third-order valence-corrected chi connectivity index (χ3v) is 23.2. The van der Waals surface area contributed by atoms with Gasteiger partial charge in [0.25, 0.3) is 0 Å². The van der Waals surface area contributed by atoms with Crippen molar-refractivity contribution < 1.29 is 142 Å². The molecule has 0 aliphatic carbocycles. The van der Waals surface area contributed by atoms with Gasteiger partial charge in [0.15, 0.2) is 30.1 Å². The molecule has 0 spiro atoms. The number of hydrogen-bond donors (Lipinski definition) is 22. The summed E-state index contributed by atoms with van der Waals surface area (Å²) >= 11 is 20.6. The van der Waals surface area contributed by atoms with Crippen LogP contribution in [0.4, 0.5) is 0 Å². The highest BCUT2D eigenvalue weighted by molar-refractivity contribution is 6.32. The fraction of sp³-hybridized carbons (Fsp3) is 0.419. The van der Waals surface area contributed by atoms with E-state index in [0.29, 0.717) is 22.1 Å². The van der Waals surface area contributed by atoms with Gasteiger partial charge in [-0.2, -0.15) is 0 Å². The van der Waals surface area contributed by atoms with E-state index in [1.165, 1.54) is 33.0 Å². The molecule has 688 valence electrons. The number of halogens is 3. The molecule has 2 unspecified atom stereocenters. The summed E-state index contributed by atoms with van der Waals surface area (Å²) in [5.41, 5.74) is 8.67. The van der Waals surface area contributed by atoms with Gasteiger partial charge in [0, 0.05) is 52.8 Å². The highest BCUT2D eigenvalue weighted by atomic mass is 35.5. The monoisotopic (exact) mass is 1840 g/mol. The van der Waals surface area contributed by atoms with Crippen molar-refractivity contribution in [2.45, 2.75) is 201 Å². The van der Waals surface area contributed by atoms with Crippen LogP contribution in [0.3, 0.4) is 0 Å². The largest absolute Gasteiger partial charge is 0.508 e. The molecule has 11 bridgehead atoms. The summed E-state index contributed by atoms with van der Waals surface area (Å²) in [5.74, 6) is -15.7. The molecule has 7 aromatic carbocycles. The van der Waals surface area contributed by atoms with Crippen molar-refractivity contribution in [1.82, 2.24) is 42.5 Å². The molecular formula is C86H99Cl3N10O29. The number of phenolic OH excluding ortho intramolecular Hbond substituents is 3. The Morgan fingerprint density at radius 1 is 0.641 bits per heavy atom. The van der Waals surface area contributed by atoms with Gasteiger partial charge < -0.3 is 158 Å². The summed E-state index contributed by atoms with van der Waals surface area (Å²) in [6, 6.07) is 12.6. The first-order valence-electron chi connectivity index (χ1n) is 40.1. The Hall–Kier alpha value is -10.9. The number of ether oxygens (including phenoxy) is 9. The van der Waals surface area contributed by atoms with Crippen LogP contribution in [0, 0.1) is 5.92 Å². The number of aliphatic hydroxyl groups is 8. The summed E-state index contributed by atoms with van der Waals surface area (Å²) in [6.07, 6.45) is -29.3. The number of carbonyl (C=O) groups is 8. The lowest BCUT2D eigenvalue weighted by molar-refractivity contribution is -0.350. The van der Waals surface area contributed by atoms with E-state index in [0.717, 1.165) is 66.7 Å². The fourth-order valence-corrected chi connectivity index (χ4v) is 16.3. The van der Waals surface area contributed by atoms with Gasteiger partial charge in [-0.3, -0.25) is 33.6 Å². The van der Waals surface area contributed by atoms with Crippen LogP contribution in [0.25, 0.3) is 11.1 Å². The first kappa shape index (κ1) is 96.2. The standard InChI is InChI=1S/C85H95Cl3N10O29.CH4/c1-33(2)19-48(91-5)76(111)97-64-66(104)37-10-17-52(46(87)22-37)121-54-24-39-25-55(73(54)126-84-71(109)69(107)74(57(32-99)124-84)127-83-70(108)68(106)67(105)56(123-83)31-92-30-35-7-6-8-43(20-35)120-42-14-12-40(86)13-15-42)122-53-18-11-38(23-47(53)88)72(125-59-29-85(4,90)75(110)34(3)119-59)65-81(116)96-63(82(117)118)45-26-41(100)27-51(102)60(45)44-21-36(9-16-50(44)101)61(78(113)98-65)95-79(114)62(39)94-77(112)49(28-58(89)103)93-80(64)115;/h6-18,20-27,33-34,48-49,56-57,59,61-72,74-75,83-84,91-92,99-102,104-110H,19,28-32,90H2,1-5H3,(H2,89,103)(H,93,115)(H,94,112)(H,95,114)(H,96,116)(H,97,111)(H,98,113)(H,117,118);1H4/t34-,48+,49-,56+,57+,59?,61+,62+,63+,64?,65-,66+,67-,68-,69+,70+,71+,72+,74+,75-,83-,84-,85-;/m0./s1. The minimum absolute atomic E-state index is 0. The number of aromatic hydroxyl groups is 3. The number of nitrogens with one attached hydrogen (secondary N) is 8. The molecule has 15 rings (SSSR count). The molecule has 8 aliphatic rings. The third kappa shape index (κ3) is 21.3. The first-order valence-corrected chi connectivity index (χ1v) is 41.3. The van der Waals surface area contributed by atoms with Crippen LogP contribution in [0.5, 0.6) is 57.5 Å². The lowest BCUT2D eigenvalue weighted by Gasteiger charge is -2.46. The molecule has 0 saturated carbocycles. The fourth-order valence-electron chi connectivity index (χ4n) is 15.7. The summed E-state index contributed by atoms with van der Waals surface area (Å²) < 4.78 is 57.2. The number of phenols is 3. The molecule has 7 aromatic rings. The SMILES string of the molecule is C.CN[C@H](CC(C)C)C(=O)NC1C(=O)N[C@@H](CC(N)=O)C(=O)N[C@H]2C(=O)N[C@H]3C(=O)N[C@H](C(=O)N[C@@H](C(=O)O)c4cc(O)cc(O)c4-c4cc3ccc4O)[C@H](OC3C[C@](C)(N)[C@@H](O)[C@H](C)O3)c3ccc(c(Cl)c3)Oc3cc2cc(c3O[C@@H]2O[C@H](CO)[C@@H](O[C@@H]3O[C@H](CNCc4cccc(Oc5ccc(Cl)cc5)c4)[C@H](O)[C@H](O)[C@H]3O)[C@H](O)[C@H]2O)Oc2ccc(cc2Cl)[C@H]1O. The average Bonchev–Trinajstić information content (AvgIpc) is 0.759. The van der Waals surface area contributed by atoms with Crippen LogP contribution in [0.2, 0.25) is 15.1 Å². The smallest absolute Gasteiger partial charge is 0.330 e. The molecule has 0 radical (unpaired) electrons. The van der Waals surface area contributed by atoms with Crippen LogP contribution < -0.4 is 72.9 Å². The Bertz CT molecular complexity index is 5290. The summed E-state index contributed by atoms with van der Waals surface area (Å²) in [4.78, 5) is 120. The quantitative estimate of drug-likeness (QED) is 0.0492. The van der Waals surface area contributed by atoms with Gasteiger partial charge in [-0.05, 0) is 152 Å². The zero-order chi connectivity index (χ0) is 91.6. The number of rotatable bonds is 21. The second-order valence-corrected chi connectivity index (χ2v) is 33.4. The number of benzene rings is 7. The number of primary amides is 1. The predicted octanol–water partition coefficient (Wildman–Crippen LogP) is 2.81. The molecule has 39 nitrogen and oxygen atoms in total. The van der Waals surface area contributed by atoms with Gasteiger partial charge in [-0.25, -0.2) is 4.79 Å². The molecule has 0 aromatic heterocycles. The van der Waals surface area contributed by atoms with Crippen molar-refractivity contribution in [1.29, 1.82) is 0 Å². The van der Waals surface area contributed by atoms with Crippen LogP contribution in [0.15, 0.2) is 127 Å². The molecule has 128 heavy (non-hydrogen) atoms. The van der Waals surface area contributed by atoms with Gasteiger partial charge in [0.1, 0.15) is 131 Å². The Balaban J connectivity index is 0.0000149. The van der Waals surface area contributed by atoms with Gasteiger partial charge in [0.2, 0.25) is 53.4 Å². The minimum Gasteiger partial charge on any atom is -0.508 e. The van der Waals surface area contributed by atoms with E-state index in [4.69, 9.17) is 88.9 Å². The minimum atomic E-state index is -2.43. The number of fused-ring (bicyclic) bond motifs is 15. The number of amides is 7. The lowest BCUT2D eigenvalue weighted by Crippen LogP contribution is -2.65. The van der Waals surface area contributed by atoms with Crippen molar-refractivity contribution in [2.75, 3.05) is 20.2 Å². The maximum absolute atomic E-state index is 16.4. The number of hydrogen-bond acceptors (Lipinski definition) is 31. The van der Waals surface area contributed by atoms with Gasteiger partial charge in [-0.15, -0.1) is 0 Å². The van der Waals surface area contributed by atoms with E-state index in [-0.39, 0.29) is 50.4 Å². The van der Waals surface area contributed by atoms with Gasteiger partial charge in [-0.1, -0.05) is 86.4 Å².